The Labute approximate surface area is 113 Å². The van der Waals surface area contributed by atoms with E-state index in [0.717, 1.165) is 12.0 Å². The monoisotopic (exact) mass is 267 g/mol. The molecule has 0 aliphatic rings. The number of methoxy groups -OCH3 is 1. The Morgan fingerprint density at radius 2 is 2.11 bits per heavy atom. The van der Waals surface area contributed by atoms with Crippen LogP contribution in [0.4, 0.5) is 0 Å². The van der Waals surface area contributed by atoms with Crippen molar-refractivity contribution in [1.82, 2.24) is 5.32 Å². The molecule has 0 saturated heterocycles. The van der Waals surface area contributed by atoms with Crippen molar-refractivity contribution >= 4 is 5.91 Å². The molecule has 1 aromatic rings. The Bertz CT molecular complexity index is 406. The van der Waals surface area contributed by atoms with Crippen LogP contribution in [0.15, 0.2) is 18.2 Å². The second kappa shape index (κ2) is 8.50. The Morgan fingerprint density at radius 1 is 1.32 bits per heavy atom. The molecule has 0 saturated carbocycles. The number of benzene rings is 1. The number of carbonyl (C=O) groups excluding carboxylic acids is 1. The van der Waals surface area contributed by atoms with Crippen molar-refractivity contribution in [3.8, 4) is 5.75 Å². The first-order chi connectivity index (χ1) is 9.15. The van der Waals surface area contributed by atoms with E-state index in [4.69, 9.17) is 9.47 Å². The zero-order valence-electron chi connectivity index (χ0n) is 11.4. The SMILES string of the molecule is COCCOCCCNC(=O)c1ccc(C)c(O)c1. The van der Waals surface area contributed by atoms with E-state index in [1.54, 1.807) is 26.2 Å². The van der Waals surface area contributed by atoms with Crippen molar-refractivity contribution in [1.29, 1.82) is 0 Å². The van der Waals surface area contributed by atoms with Crippen LogP contribution in [0.3, 0.4) is 0 Å². The molecule has 0 radical (unpaired) electrons. The van der Waals surface area contributed by atoms with Crippen molar-refractivity contribution in [3.63, 3.8) is 0 Å². The topological polar surface area (TPSA) is 67.8 Å². The maximum atomic E-state index is 11.8. The number of aryl methyl sites for hydroxylation is 1. The van der Waals surface area contributed by atoms with E-state index in [-0.39, 0.29) is 11.7 Å². The average Bonchev–Trinajstić information content (AvgIpc) is 2.40. The molecule has 5 nitrogen and oxygen atoms in total. The highest BCUT2D eigenvalue weighted by atomic mass is 16.5. The summed E-state index contributed by atoms with van der Waals surface area (Å²) >= 11 is 0. The first kappa shape index (κ1) is 15.5. The summed E-state index contributed by atoms with van der Waals surface area (Å²) < 4.78 is 10.1. The molecule has 0 heterocycles. The van der Waals surface area contributed by atoms with Gasteiger partial charge in [-0.2, -0.15) is 0 Å². The van der Waals surface area contributed by atoms with Crippen LogP contribution >= 0.6 is 0 Å². The van der Waals surface area contributed by atoms with Gasteiger partial charge in [-0.05, 0) is 31.0 Å². The predicted molar refractivity (Wildman–Crippen MR) is 72.5 cm³/mol. The van der Waals surface area contributed by atoms with E-state index in [9.17, 15) is 9.90 Å². The molecule has 5 heteroatoms. The van der Waals surface area contributed by atoms with Gasteiger partial charge >= 0.3 is 0 Å². The normalized spacial score (nSPS) is 10.4. The molecule has 0 unspecified atom stereocenters. The maximum absolute atomic E-state index is 11.8. The van der Waals surface area contributed by atoms with E-state index in [1.807, 2.05) is 0 Å². The summed E-state index contributed by atoms with van der Waals surface area (Å²) in [4.78, 5) is 11.8. The molecule has 0 aliphatic heterocycles. The molecule has 106 valence electrons. The van der Waals surface area contributed by atoms with Gasteiger partial charge in [0.05, 0.1) is 13.2 Å². The van der Waals surface area contributed by atoms with Crippen molar-refractivity contribution in [2.24, 2.45) is 0 Å². The van der Waals surface area contributed by atoms with Crippen molar-refractivity contribution in [3.05, 3.63) is 29.3 Å². The number of phenols is 1. The Kier molecular flexibility index (Phi) is 6.92. The molecule has 1 amide bonds. The molecule has 1 rings (SSSR count). The van der Waals surface area contributed by atoms with Crippen LogP contribution < -0.4 is 5.32 Å². The quantitative estimate of drug-likeness (QED) is 0.700. The zero-order valence-corrected chi connectivity index (χ0v) is 11.4. The third-order valence-corrected chi connectivity index (χ3v) is 2.65. The molecule has 0 fully saturated rings. The van der Waals surface area contributed by atoms with E-state index in [0.29, 0.717) is 31.9 Å². The summed E-state index contributed by atoms with van der Waals surface area (Å²) in [7, 11) is 1.63. The van der Waals surface area contributed by atoms with Crippen LogP contribution in [-0.2, 0) is 9.47 Å². The molecule has 0 atom stereocenters. The van der Waals surface area contributed by atoms with Crippen LogP contribution in [0.2, 0.25) is 0 Å². The minimum atomic E-state index is -0.188. The largest absolute Gasteiger partial charge is 0.508 e. The molecule has 0 aliphatic carbocycles. The van der Waals surface area contributed by atoms with E-state index in [1.165, 1.54) is 6.07 Å². The fourth-order valence-electron chi connectivity index (χ4n) is 1.47. The number of amides is 1. The lowest BCUT2D eigenvalue weighted by Gasteiger charge is -2.07. The molecule has 0 bridgehead atoms. The van der Waals surface area contributed by atoms with Crippen molar-refractivity contribution < 1.29 is 19.4 Å². The second-order valence-corrected chi connectivity index (χ2v) is 4.22. The van der Waals surface area contributed by atoms with Gasteiger partial charge in [-0.1, -0.05) is 6.07 Å². The number of rotatable bonds is 8. The van der Waals surface area contributed by atoms with Crippen LogP contribution in [0.25, 0.3) is 0 Å². The molecule has 0 spiro atoms. The molecule has 1 aromatic carbocycles. The Hall–Kier alpha value is -1.59. The number of aromatic hydroxyl groups is 1. The number of nitrogens with one attached hydrogen (secondary N) is 1. The highest BCUT2D eigenvalue weighted by Gasteiger charge is 2.06. The smallest absolute Gasteiger partial charge is 0.251 e. The van der Waals surface area contributed by atoms with Gasteiger partial charge in [0, 0.05) is 25.8 Å². The van der Waals surface area contributed by atoms with Crippen LogP contribution in [0.5, 0.6) is 5.75 Å². The minimum Gasteiger partial charge on any atom is -0.508 e. The first-order valence-electron chi connectivity index (χ1n) is 6.29. The molecule has 0 aromatic heterocycles. The highest BCUT2D eigenvalue weighted by molar-refractivity contribution is 5.94. The maximum Gasteiger partial charge on any atom is 0.251 e. The minimum absolute atomic E-state index is 0.135. The van der Waals surface area contributed by atoms with Gasteiger partial charge in [-0.3, -0.25) is 4.79 Å². The van der Waals surface area contributed by atoms with Gasteiger partial charge in [0.15, 0.2) is 0 Å². The van der Waals surface area contributed by atoms with Gasteiger partial charge in [0.1, 0.15) is 5.75 Å². The summed E-state index contributed by atoms with van der Waals surface area (Å²) in [5, 5.41) is 12.3. The van der Waals surface area contributed by atoms with Gasteiger partial charge in [-0.15, -0.1) is 0 Å². The summed E-state index contributed by atoms with van der Waals surface area (Å²) in [6.45, 7) is 4.06. The Morgan fingerprint density at radius 3 is 2.79 bits per heavy atom. The van der Waals surface area contributed by atoms with Gasteiger partial charge in [0.25, 0.3) is 5.91 Å². The lowest BCUT2D eigenvalue weighted by molar-refractivity contribution is 0.0688. The number of ether oxygens (including phenoxy) is 2. The number of hydrogen-bond acceptors (Lipinski definition) is 4. The second-order valence-electron chi connectivity index (χ2n) is 4.22. The summed E-state index contributed by atoms with van der Waals surface area (Å²) in [6, 6.07) is 4.89. The molecule has 19 heavy (non-hydrogen) atoms. The van der Waals surface area contributed by atoms with Crippen molar-refractivity contribution in [2.75, 3.05) is 33.5 Å². The van der Waals surface area contributed by atoms with E-state index in [2.05, 4.69) is 5.32 Å². The number of hydrogen-bond donors (Lipinski definition) is 2. The van der Waals surface area contributed by atoms with Crippen LogP contribution in [0, 0.1) is 6.92 Å². The fraction of sp³-hybridized carbons (Fsp3) is 0.500. The lowest BCUT2D eigenvalue weighted by atomic mass is 10.1. The summed E-state index contributed by atoms with van der Waals surface area (Å²) in [5.74, 6) is -0.0530. The lowest BCUT2D eigenvalue weighted by Crippen LogP contribution is -2.25. The van der Waals surface area contributed by atoms with E-state index >= 15 is 0 Å². The number of phenolic OH excluding ortho intramolecular Hbond substituents is 1. The number of carbonyl (C=O) groups is 1. The molecular weight excluding hydrogens is 246 g/mol. The van der Waals surface area contributed by atoms with Crippen LogP contribution in [0.1, 0.15) is 22.3 Å². The zero-order chi connectivity index (χ0) is 14.1. The first-order valence-corrected chi connectivity index (χ1v) is 6.29. The summed E-state index contributed by atoms with van der Waals surface area (Å²) in [6.07, 6.45) is 0.743. The third-order valence-electron chi connectivity index (χ3n) is 2.65. The van der Waals surface area contributed by atoms with Gasteiger partial charge in [-0.25, -0.2) is 0 Å². The van der Waals surface area contributed by atoms with Gasteiger partial charge < -0.3 is 19.9 Å². The average molecular weight is 267 g/mol. The third kappa shape index (κ3) is 5.72. The van der Waals surface area contributed by atoms with Gasteiger partial charge in [0.2, 0.25) is 0 Å². The summed E-state index contributed by atoms with van der Waals surface area (Å²) in [5.41, 5.74) is 1.21. The molecular formula is C14H21NO4. The predicted octanol–water partition coefficient (Wildman–Crippen LogP) is 1.48. The van der Waals surface area contributed by atoms with E-state index < -0.39 is 0 Å². The Balaban J connectivity index is 2.22. The standard InChI is InChI=1S/C14H21NO4/c1-11-4-5-12(10-13(11)16)14(17)15-6-3-7-19-9-8-18-2/h4-5,10,16H,3,6-9H2,1-2H3,(H,15,17). The fourth-order valence-corrected chi connectivity index (χ4v) is 1.47. The highest BCUT2D eigenvalue weighted by Crippen LogP contribution is 2.17. The van der Waals surface area contributed by atoms with Crippen molar-refractivity contribution in [2.45, 2.75) is 13.3 Å². The van der Waals surface area contributed by atoms with Crippen LogP contribution in [-0.4, -0.2) is 44.5 Å². The molecule has 2 N–H and O–H groups in total.